The van der Waals surface area contributed by atoms with Crippen LogP contribution in [0, 0.1) is 0 Å². The fourth-order valence-electron chi connectivity index (χ4n) is 3.55. The van der Waals surface area contributed by atoms with Crippen molar-refractivity contribution in [1.82, 2.24) is 15.5 Å². The molecule has 158 valence electrons. The van der Waals surface area contributed by atoms with E-state index in [1.165, 1.54) is 0 Å². The maximum Gasteiger partial charge on any atom is 0.251 e. The summed E-state index contributed by atoms with van der Waals surface area (Å²) < 4.78 is 0. The number of nitrogens with one attached hydrogen (secondary N) is 2. The Kier molecular flexibility index (Phi) is 6.40. The zero-order valence-corrected chi connectivity index (χ0v) is 18.0. The lowest BCUT2D eigenvalue weighted by molar-refractivity contribution is -0.123. The van der Waals surface area contributed by atoms with Crippen molar-refractivity contribution in [1.29, 1.82) is 0 Å². The van der Waals surface area contributed by atoms with E-state index in [-0.39, 0.29) is 17.9 Å². The molecular formula is C24H28ClN3O2. The SMILES string of the molecule is CC(NC(=O)CN(Cc1ccc(C(=O)NC2CC2)cc1)C1CC1)c1ccc(Cl)cc1. The minimum atomic E-state index is -0.0694. The average molecular weight is 426 g/mol. The van der Waals surface area contributed by atoms with Crippen molar-refractivity contribution in [3.8, 4) is 0 Å². The summed E-state index contributed by atoms with van der Waals surface area (Å²) >= 11 is 5.95. The molecule has 1 atom stereocenters. The van der Waals surface area contributed by atoms with Crippen LogP contribution in [0.15, 0.2) is 48.5 Å². The Morgan fingerprint density at radius 3 is 2.30 bits per heavy atom. The third kappa shape index (κ3) is 5.83. The highest BCUT2D eigenvalue weighted by atomic mass is 35.5. The van der Waals surface area contributed by atoms with Crippen molar-refractivity contribution >= 4 is 23.4 Å². The fourth-order valence-corrected chi connectivity index (χ4v) is 3.68. The van der Waals surface area contributed by atoms with Crippen molar-refractivity contribution in [3.05, 3.63) is 70.2 Å². The monoisotopic (exact) mass is 425 g/mol. The summed E-state index contributed by atoms with van der Waals surface area (Å²) in [5.41, 5.74) is 2.84. The molecule has 2 fully saturated rings. The lowest BCUT2D eigenvalue weighted by atomic mass is 10.1. The minimum Gasteiger partial charge on any atom is -0.349 e. The summed E-state index contributed by atoms with van der Waals surface area (Å²) in [4.78, 5) is 27.0. The molecule has 0 bridgehead atoms. The smallest absolute Gasteiger partial charge is 0.251 e. The van der Waals surface area contributed by atoms with Crippen LogP contribution in [0.1, 0.15) is 60.1 Å². The van der Waals surface area contributed by atoms with Crippen molar-refractivity contribution in [3.63, 3.8) is 0 Å². The third-order valence-corrected chi connectivity index (χ3v) is 5.92. The molecule has 0 aliphatic heterocycles. The first-order valence-corrected chi connectivity index (χ1v) is 11.0. The molecule has 2 aromatic rings. The van der Waals surface area contributed by atoms with E-state index in [4.69, 9.17) is 11.6 Å². The van der Waals surface area contributed by atoms with Crippen molar-refractivity contribution < 1.29 is 9.59 Å². The number of hydrogen-bond acceptors (Lipinski definition) is 3. The normalized spacial score (nSPS) is 16.9. The minimum absolute atomic E-state index is 0.00124. The molecule has 0 spiro atoms. The highest BCUT2D eigenvalue weighted by Crippen LogP contribution is 2.28. The van der Waals surface area contributed by atoms with Crippen LogP contribution >= 0.6 is 11.6 Å². The van der Waals surface area contributed by atoms with Gasteiger partial charge < -0.3 is 10.6 Å². The van der Waals surface area contributed by atoms with Gasteiger partial charge in [-0.05, 0) is 68.0 Å². The van der Waals surface area contributed by atoms with Gasteiger partial charge in [-0.2, -0.15) is 0 Å². The molecule has 0 saturated heterocycles. The van der Waals surface area contributed by atoms with E-state index in [0.29, 0.717) is 35.8 Å². The van der Waals surface area contributed by atoms with Crippen LogP contribution < -0.4 is 10.6 Å². The molecule has 6 heteroatoms. The van der Waals surface area contributed by atoms with Gasteiger partial charge in [-0.25, -0.2) is 0 Å². The molecule has 2 amide bonds. The van der Waals surface area contributed by atoms with E-state index >= 15 is 0 Å². The van der Waals surface area contributed by atoms with Gasteiger partial charge in [0.25, 0.3) is 5.91 Å². The summed E-state index contributed by atoms with van der Waals surface area (Å²) in [6.07, 6.45) is 4.42. The van der Waals surface area contributed by atoms with Gasteiger partial charge in [-0.1, -0.05) is 35.9 Å². The average Bonchev–Trinajstić information content (AvgIpc) is 3.62. The van der Waals surface area contributed by atoms with Gasteiger partial charge in [0.15, 0.2) is 0 Å². The fraction of sp³-hybridized carbons (Fsp3) is 0.417. The number of benzene rings is 2. The summed E-state index contributed by atoms with van der Waals surface area (Å²) in [5, 5.41) is 6.78. The van der Waals surface area contributed by atoms with Crippen LogP contribution in [0.5, 0.6) is 0 Å². The van der Waals surface area contributed by atoms with E-state index in [9.17, 15) is 9.59 Å². The van der Waals surface area contributed by atoms with E-state index < -0.39 is 0 Å². The Morgan fingerprint density at radius 1 is 1.03 bits per heavy atom. The van der Waals surface area contributed by atoms with E-state index in [0.717, 1.165) is 36.8 Å². The number of carbonyl (C=O) groups excluding carboxylic acids is 2. The van der Waals surface area contributed by atoms with Crippen LogP contribution in [-0.2, 0) is 11.3 Å². The maximum atomic E-state index is 12.6. The largest absolute Gasteiger partial charge is 0.349 e. The van der Waals surface area contributed by atoms with Gasteiger partial charge in [0.2, 0.25) is 5.91 Å². The molecule has 2 aliphatic carbocycles. The van der Waals surface area contributed by atoms with Gasteiger partial charge in [0.05, 0.1) is 12.6 Å². The third-order valence-electron chi connectivity index (χ3n) is 5.67. The molecule has 2 saturated carbocycles. The zero-order chi connectivity index (χ0) is 21.1. The Bertz CT molecular complexity index is 890. The molecule has 0 aromatic heterocycles. The summed E-state index contributed by atoms with van der Waals surface area (Å²) in [5.74, 6) is 0.0171. The summed E-state index contributed by atoms with van der Waals surface area (Å²) in [7, 11) is 0. The summed E-state index contributed by atoms with van der Waals surface area (Å²) in [6.45, 7) is 3.05. The molecule has 30 heavy (non-hydrogen) atoms. The molecular weight excluding hydrogens is 398 g/mol. The van der Waals surface area contributed by atoms with Crippen LogP contribution in [-0.4, -0.2) is 35.3 Å². The van der Waals surface area contributed by atoms with Gasteiger partial charge >= 0.3 is 0 Å². The number of nitrogens with zero attached hydrogens (tertiary/aromatic N) is 1. The number of rotatable bonds is 9. The van der Waals surface area contributed by atoms with Gasteiger partial charge in [-0.15, -0.1) is 0 Å². The first kappa shape index (κ1) is 20.9. The summed E-state index contributed by atoms with van der Waals surface area (Å²) in [6, 6.07) is 16.0. The number of halogens is 1. The first-order chi connectivity index (χ1) is 14.5. The Balaban J connectivity index is 1.31. The molecule has 0 radical (unpaired) electrons. The zero-order valence-electron chi connectivity index (χ0n) is 17.2. The van der Waals surface area contributed by atoms with Gasteiger partial charge in [0.1, 0.15) is 0 Å². The second kappa shape index (κ2) is 9.19. The number of amides is 2. The molecule has 1 unspecified atom stereocenters. The van der Waals surface area contributed by atoms with Crippen LogP contribution in [0.25, 0.3) is 0 Å². The second-order valence-corrected chi connectivity index (χ2v) is 8.86. The maximum absolute atomic E-state index is 12.6. The topological polar surface area (TPSA) is 61.4 Å². The highest BCUT2D eigenvalue weighted by Gasteiger charge is 2.30. The molecule has 0 heterocycles. The van der Waals surface area contributed by atoms with Gasteiger partial charge in [0, 0.05) is 29.2 Å². The van der Waals surface area contributed by atoms with Gasteiger partial charge in [-0.3, -0.25) is 14.5 Å². The van der Waals surface area contributed by atoms with E-state index in [2.05, 4.69) is 15.5 Å². The molecule has 2 aliphatic rings. The van der Waals surface area contributed by atoms with Crippen LogP contribution in [0.3, 0.4) is 0 Å². The molecule has 2 N–H and O–H groups in total. The Hall–Kier alpha value is -2.37. The van der Waals surface area contributed by atoms with Crippen LogP contribution in [0.4, 0.5) is 0 Å². The Labute approximate surface area is 182 Å². The first-order valence-electron chi connectivity index (χ1n) is 10.7. The molecule has 5 nitrogen and oxygen atoms in total. The lowest BCUT2D eigenvalue weighted by Gasteiger charge is -2.23. The standard InChI is InChI=1S/C24H28ClN3O2/c1-16(18-6-8-20(25)9-7-18)26-23(29)15-28(22-12-13-22)14-17-2-4-19(5-3-17)24(30)27-21-10-11-21/h2-9,16,21-22H,10-15H2,1H3,(H,26,29)(H,27,30). The van der Waals surface area contributed by atoms with Crippen LogP contribution in [0.2, 0.25) is 5.02 Å². The van der Waals surface area contributed by atoms with Crippen molar-refractivity contribution in [2.75, 3.05) is 6.54 Å². The second-order valence-electron chi connectivity index (χ2n) is 8.42. The van der Waals surface area contributed by atoms with Crippen molar-refractivity contribution in [2.24, 2.45) is 0 Å². The lowest BCUT2D eigenvalue weighted by Crippen LogP contribution is -2.39. The van der Waals surface area contributed by atoms with E-state index in [1.54, 1.807) is 0 Å². The number of carbonyl (C=O) groups is 2. The highest BCUT2D eigenvalue weighted by molar-refractivity contribution is 6.30. The molecule has 4 rings (SSSR count). The van der Waals surface area contributed by atoms with E-state index in [1.807, 2.05) is 55.5 Å². The van der Waals surface area contributed by atoms with Crippen molar-refractivity contribution in [2.45, 2.75) is 57.3 Å². The molecule has 2 aromatic carbocycles. The quantitative estimate of drug-likeness (QED) is 0.636. The predicted molar refractivity (Wildman–Crippen MR) is 118 cm³/mol. The predicted octanol–water partition coefficient (Wildman–Crippen LogP) is 4.07. The number of hydrogen-bond donors (Lipinski definition) is 2. The Morgan fingerprint density at radius 2 is 1.70 bits per heavy atom.